The summed E-state index contributed by atoms with van der Waals surface area (Å²) < 4.78 is 0. The van der Waals surface area contributed by atoms with Crippen molar-refractivity contribution in [2.24, 2.45) is 0 Å². The van der Waals surface area contributed by atoms with Crippen molar-refractivity contribution >= 4 is 12.3 Å². The average molecular weight is 175 g/mol. The lowest BCUT2D eigenvalue weighted by Gasteiger charge is -1.89. The molecule has 1 heterocycles. The normalized spacial score (nSPS) is 8.31. The first-order chi connectivity index (χ1) is 6.22. The number of nitrogens with zero attached hydrogens (tertiary/aromatic N) is 1. The molecule has 13 heavy (non-hydrogen) atoms. The molecule has 0 aliphatic rings. The van der Waals surface area contributed by atoms with Crippen LogP contribution >= 0.6 is 0 Å². The molecule has 1 N–H and O–H groups in total. The highest BCUT2D eigenvalue weighted by Gasteiger charge is 1.92. The average Bonchev–Trinajstić information content (AvgIpc) is 2.15. The molecule has 0 aromatic carbocycles. The van der Waals surface area contributed by atoms with E-state index in [4.69, 9.17) is 5.11 Å². The minimum Gasteiger partial charge on any atom is -0.472 e. The summed E-state index contributed by atoms with van der Waals surface area (Å²) in [5.74, 6) is 2.98. The van der Waals surface area contributed by atoms with Gasteiger partial charge in [0.2, 0.25) is 0 Å². The fourth-order valence-electron chi connectivity index (χ4n) is 0.704. The summed E-state index contributed by atoms with van der Waals surface area (Å²) in [7, 11) is 0. The minimum absolute atomic E-state index is 0.234. The topological polar surface area (TPSA) is 67.3 Å². The number of aliphatic carboxylic acids is 1. The van der Waals surface area contributed by atoms with Crippen LogP contribution in [0.3, 0.4) is 0 Å². The number of aromatic nitrogens is 1. The van der Waals surface area contributed by atoms with E-state index in [1.165, 1.54) is 12.1 Å². The van der Waals surface area contributed by atoms with Gasteiger partial charge in [-0.15, -0.1) is 0 Å². The maximum absolute atomic E-state index is 10.3. The first-order valence-electron chi connectivity index (χ1n) is 3.39. The number of rotatable bonds is 1. The van der Waals surface area contributed by atoms with Crippen LogP contribution in [0.2, 0.25) is 0 Å². The Morgan fingerprint density at radius 1 is 1.54 bits per heavy atom. The molecule has 0 radical (unpaired) electrons. The van der Waals surface area contributed by atoms with Crippen LogP contribution < -0.4 is 0 Å². The van der Waals surface area contributed by atoms with Crippen molar-refractivity contribution in [3.05, 3.63) is 29.6 Å². The number of aldehydes is 1. The molecule has 0 aliphatic carbocycles. The molecule has 0 saturated heterocycles. The van der Waals surface area contributed by atoms with Crippen LogP contribution in [0.15, 0.2) is 18.2 Å². The van der Waals surface area contributed by atoms with E-state index in [1.807, 2.05) is 5.92 Å². The number of carbonyl (C=O) groups is 2. The molecular formula is C9H5NO3. The van der Waals surface area contributed by atoms with Crippen molar-refractivity contribution in [3.63, 3.8) is 0 Å². The molecule has 0 spiro atoms. The number of hydrogen-bond donors (Lipinski definition) is 1. The first-order valence-corrected chi connectivity index (χ1v) is 3.39. The number of carboxylic acids is 1. The zero-order valence-electron chi connectivity index (χ0n) is 6.52. The van der Waals surface area contributed by atoms with E-state index in [2.05, 4.69) is 10.9 Å². The Hall–Kier alpha value is -2.15. The van der Waals surface area contributed by atoms with E-state index in [9.17, 15) is 9.59 Å². The fraction of sp³-hybridized carbons (Fsp3) is 0. The summed E-state index contributed by atoms with van der Waals surface area (Å²) in [6.45, 7) is 0. The third-order valence-corrected chi connectivity index (χ3v) is 1.19. The van der Waals surface area contributed by atoms with E-state index in [0.29, 0.717) is 6.29 Å². The smallest absolute Gasteiger partial charge is 0.382 e. The number of pyridine rings is 1. The summed E-state index contributed by atoms with van der Waals surface area (Å²) in [6, 6.07) is 4.63. The van der Waals surface area contributed by atoms with Gasteiger partial charge >= 0.3 is 5.97 Å². The SMILES string of the molecule is O=Cc1cccc(C#CC(=O)O)n1. The third-order valence-electron chi connectivity index (χ3n) is 1.19. The van der Waals surface area contributed by atoms with Gasteiger partial charge in [-0.3, -0.25) is 4.79 Å². The largest absolute Gasteiger partial charge is 0.472 e. The van der Waals surface area contributed by atoms with Crippen LogP contribution in [0.1, 0.15) is 16.2 Å². The standard InChI is InChI=1S/C9H5NO3/c11-6-8-3-1-2-7(10-8)4-5-9(12)13/h1-3,6H,(H,12,13). The van der Waals surface area contributed by atoms with Crippen LogP contribution in [0.4, 0.5) is 0 Å². The quantitative estimate of drug-likeness (QED) is 0.493. The van der Waals surface area contributed by atoms with Gasteiger partial charge in [0.15, 0.2) is 6.29 Å². The minimum atomic E-state index is -1.22. The van der Waals surface area contributed by atoms with Crippen molar-refractivity contribution < 1.29 is 14.7 Å². The zero-order valence-corrected chi connectivity index (χ0v) is 6.52. The lowest BCUT2D eigenvalue weighted by molar-refractivity contribution is -0.130. The Morgan fingerprint density at radius 3 is 2.92 bits per heavy atom. The second-order valence-electron chi connectivity index (χ2n) is 2.12. The van der Waals surface area contributed by atoms with Crippen LogP contribution in [0.25, 0.3) is 0 Å². The van der Waals surface area contributed by atoms with Crippen LogP contribution in [-0.4, -0.2) is 22.3 Å². The zero-order chi connectivity index (χ0) is 9.68. The number of carbonyl (C=O) groups excluding carboxylic acids is 1. The van der Waals surface area contributed by atoms with Gasteiger partial charge < -0.3 is 5.11 Å². The van der Waals surface area contributed by atoms with Gasteiger partial charge in [0.25, 0.3) is 0 Å². The van der Waals surface area contributed by atoms with E-state index < -0.39 is 5.97 Å². The molecule has 0 fully saturated rings. The second-order valence-corrected chi connectivity index (χ2v) is 2.12. The summed E-state index contributed by atoms with van der Waals surface area (Å²) in [5.41, 5.74) is 0.504. The third kappa shape index (κ3) is 2.75. The highest BCUT2D eigenvalue weighted by molar-refractivity contribution is 5.87. The molecule has 0 amide bonds. The molecule has 0 unspecified atom stereocenters. The molecule has 0 bridgehead atoms. The number of carboxylic acid groups (broad SMARTS) is 1. The highest BCUT2D eigenvalue weighted by atomic mass is 16.4. The Morgan fingerprint density at radius 2 is 2.31 bits per heavy atom. The predicted octanol–water partition coefficient (Wildman–Crippen LogP) is 0.330. The Labute approximate surface area is 74.2 Å². The molecule has 1 aromatic heterocycles. The summed E-state index contributed by atoms with van der Waals surface area (Å²) in [5, 5.41) is 8.23. The lowest BCUT2D eigenvalue weighted by Crippen LogP contribution is -1.91. The number of hydrogen-bond acceptors (Lipinski definition) is 3. The highest BCUT2D eigenvalue weighted by Crippen LogP contribution is 1.94. The summed E-state index contributed by atoms with van der Waals surface area (Å²) >= 11 is 0. The molecule has 4 nitrogen and oxygen atoms in total. The van der Waals surface area contributed by atoms with Crippen molar-refractivity contribution in [2.75, 3.05) is 0 Å². The fourth-order valence-corrected chi connectivity index (χ4v) is 0.704. The van der Waals surface area contributed by atoms with E-state index in [0.717, 1.165) is 0 Å². The molecule has 64 valence electrons. The van der Waals surface area contributed by atoms with Crippen molar-refractivity contribution in [1.29, 1.82) is 0 Å². The van der Waals surface area contributed by atoms with E-state index in [1.54, 1.807) is 6.07 Å². The van der Waals surface area contributed by atoms with Gasteiger partial charge in [0.05, 0.1) is 0 Å². The molecular weight excluding hydrogens is 170 g/mol. The molecule has 0 atom stereocenters. The van der Waals surface area contributed by atoms with Crippen molar-refractivity contribution in [3.8, 4) is 11.8 Å². The van der Waals surface area contributed by atoms with Gasteiger partial charge in [-0.05, 0) is 18.1 Å². The van der Waals surface area contributed by atoms with Crippen LogP contribution in [-0.2, 0) is 4.79 Å². The van der Waals surface area contributed by atoms with Gasteiger partial charge in [-0.2, -0.15) is 0 Å². The van der Waals surface area contributed by atoms with Gasteiger partial charge in [-0.1, -0.05) is 6.07 Å². The molecule has 0 aliphatic heterocycles. The first kappa shape index (κ1) is 8.94. The van der Waals surface area contributed by atoms with E-state index >= 15 is 0 Å². The van der Waals surface area contributed by atoms with E-state index in [-0.39, 0.29) is 11.4 Å². The van der Waals surface area contributed by atoms with Crippen LogP contribution in [0.5, 0.6) is 0 Å². The predicted molar refractivity (Wildman–Crippen MR) is 44.1 cm³/mol. The second kappa shape index (κ2) is 4.02. The Balaban J connectivity index is 2.98. The molecule has 1 rings (SSSR count). The van der Waals surface area contributed by atoms with Crippen molar-refractivity contribution in [2.45, 2.75) is 0 Å². The Kier molecular flexibility index (Phi) is 2.77. The molecule has 1 aromatic rings. The monoisotopic (exact) mass is 175 g/mol. The maximum Gasteiger partial charge on any atom is 0.382 e. The van der Waals surface area contributed by atoms with Gasteiger partial charge in [-0.25, -0.2) is 9.78 Å². The Bertz CT molecular complexity index is 401. The maximum atomic E-state index is 10.3. The lowest BCUT2D eigenvalue weighted by atomic mass is 10.3. The van der Waals surface area contributed by atoms with Crippen LogP contribution in [0, 0.1) is 11.8 Å². The molecule has 0 saturated carbocycles. The summed E-state index contributed by atoms with van der Waals surface area (Å²) in [6.07, 6.45) is 0.575. The van der Waals surface area contributed by atoms with Gasteiger partial charge in [0.1, 0.15) is 11.4 Å². The van der Waals surface area contributed by atoms with Crippen molar-refractivity contribution in [1.82, 2.24) is 4.98 Å². The summed E-state index contributed by atoms with van der Waals surface area (Å²) in [4.78, 5) is 24.1. The molecule has 4 heteroatoms. The van der Waals surface area contributed by atoms with Gasteiger partial charge in [0, 0.05) is 5.92 Å².